The molecule has 28 heavy (non-hydrogen) atoms. The topological polar surface area (TPSA) is 107 Å². The monoisotopic (exact) mass is 378 g/mol. The Kier molecular flexibility index (Phi) is 4.29. The van der Waals surface area contributed by atoms with E-state index in [0.29, 0.717) is 27.7 Å². The highest BCUT2D eigenvalue weighted by Gasteiger charge is 2.21. The molecule has 140 valence electrons. The van der Waals surface area contributed by atoms with Gasteiger partial charge in [0.15, 0.2) is 0 Å². The quantitative estimate of drug-likeness (QED) is 0.430. The second-order valence-electron chi connectivity index (χ2n) is 6.13. The lowest BCUT2D eigenvalue weighted by atomic mass is 10.0. The number of benzene rings is 2. The molecule has 2 aromatic heterocycles. The highest BCUT2D eigenvalue weighted by atomic mass is 16.5. The van der Waals surface area contributed by atoms with Gasteiger partial charge in [-0.15, -0.1) is 0 Å². The number of carbonyl (C=O) groups is 1. The van der Waals surface area contributed by atoms with E-state index in [-0.39, 0.29) is 23.3 Å². The highest BCUT2D eigenvalue weighted by molar-refractivity contribution is 6.11. The van der Waals surface area contributed by atoms with E-state index in [0.717, 1.165) is 0 Å². The van der Waals surface area contributed by atoms with E-state index in [1.807, 2.05) is 0 Å². The summed E-state index contributed by atoms with van der Waals surface area (Å²) in [5.74, 6) is -0.478. The average molecular weight is 378 g/mol. The maximum atomic E-state index is 12.9. The van der Waals surface area contributed by atoms with Crippen molar-refractivity contribution in [2.24, 2.45) is 0 Å². The van der Waals surface area contributed by atoms with Gasteiger partial charge in [0.1, 0.15) is 28.0 Å². The Hall–Kier alpha value is -3.71. The van der Waals surface area contributed by atoms with Gasteiger partial charge in [0.25, 0.3) is 0 Å². The zero-order chi connectivity index (χ0) is 19.8. The van der Waals surface area contributed by atoms with Crippen LogP contribution in [0.5, 0.6) is 5.75 Å². The first kappa shape index (κ1) is 17.7. The van der Waals surface area contributed by atoms with Gasteiger partial charge < -0.3 is 18.7 Å². The number of carbonyl (C=O) groups excluding carboxylic acids is 1. The second kappa shape index (κ2) is 6.79. The van der Waals surface area contributed by atoms with E-state index < -0.39 is 17.0 Å². The Balaban J connectivity index is 1.93. The number of aliphatic hydroxyl groups excluding tert-OH is 1. The molecule has 0 unspecified atom stereocenters. The number of hydrogen-bond acceptors (Lipinski definition) is 7. The van der Waals surface area contributed by atoms with Gasteiger partial charge >= 0.3 is 11.3 Å². The van der Waals surface area contributed by atoms with Crippen LogP contribution in [0.25, 0.3) is 21.9 Å². The van der Waals surface area contributed by atoms with Crippen molar-refractivity contribution in [2.75, 3.05) is 7.11 Å². The molecule has 1 N–H and O–H groups in total. The molecule has 7 nitrogen and oxygen atoms in total. The van der Waals surface area contributed by atoms with Gasteiger partial charge in [0.05, 0.1) is 19.1 Å². The zero-order valence-corrected chi connectivity index (χ0v) is 14.7. The minimum atomic E-state index is -0.901. The molecule has 0 radical (unpaired) electrons. The minimum Gasteiger partial charge on any atom is -0.496 e. The molecule has 0 aliphatic carbocycles. The third kappa shape index (κ3) is 2.87. The fraction of sp³-hybridized carbons (Fsp3) is 0.0952. The molecule has 2 aromatic carbocycles. The Morgan fingerprint density at radius 2 is 1.64 bits per heavy atom. The number of ketones is 1. The summed E-state index contributed by atoms with van der Waals surface area (Å²) in [6.07, 6.45) is 0. The number of fused-ring (bicyclic) bond motifs is 2. The largest absolute Gasteiger partial charge is 0.496 e. The Morgan fingerprint density at radius 1 is 0.964 bits per heavy atom. The van der Waals surface area contributed by atoms with Crippen molar-refractivity contribution in [3.8, 4) is 5.75 Å². The molecular weight excluding hydrogens is 364 g/mol. The van der Waals surface area contributed by atoms with Crippen LogP contribution in [0.1, 0.15) is 21.5 Å². The van der Waals surface area contributed by atoms with Gasteiger partial charge in [-0.25, -0.2) is 9.59 Å². The van der Waals surface area contributed by atoms with Crippen LogP contribution in [0.2, 0.25) is 0 Å². The molecule has 0 aliphatic rings. The summed E-state index contributed by atoms with van der Waals surface area (Å²) in [5.41, 5.74) is -1.33. The van der Waals surface area contributed by atoms with Crippen LogP contribution in [-0.4, -0.2) is 18.0 Å². The van der Waals surface area contributed by atoms with Gasteiger partial charge in [0, 0.05) is 5.39 Å². The zero-order valence-electron chi connectivity index (χ0n) is 14.7. The van der Waals surface area contributed by atoms with E-state index in [1.165, 1.54) is 25.3 Å². The van der Waals surface area contributed by atoms with Gasteiger partial charge in [0.2, 0.25) is 5.78 Å². The first-order valence-corrected chi connectivity index (χ1v) is 8.35. The van der Waals surface area contributed by atoms with Crippen molar-refractivity contribution >= 4 is 27.7 Å². The number of rotatable bonds is 4. The van der Waals surface area contributed by atoms with E-state index >= 15 is 0 Å². The number of para-hydroxylation sites is 1. The average Bonchev–Trinajstić information content (AvgIpc) is 2.71. The first-order chi connectivity index (χ1) is 13.5. The van der Waals surface area contributed by atoms with E-state index in [9.17, 15) is 19.5 Å². The molecule has 2 heterocycles. The molecular formula is C21H14O7. The minimum absolute atomic E-state index is 0.162. The van der Waals surface area contributed by atoms with Crippen LogP contribution in [0, 0.1) is 0 Å². The van der Waals surface area contributed by atoms with E-state index in [4.69, 9.17) is 13.6 Å². The van der Waals surface area contributed by atoms with Crippen molar-refractivity contribution in [1.29, 1.82) is 0 Å². The SMILES string of the molecule is COc1cc(CO)cc2oc(=O)c(C(=O)c3cc4ccccc4oc3=O)cc12. The number of ether oxygens (including phenoxy) is 1. The van der Waals surface area contributed by atoms with E-state index in [1.54, 1.807) is 30.3 Å². The Labute approximate surface area is 157 Å². The molecule has 0 bridgehead atoms. The number of aliphatic hydroxyl groups is 1. The van der Waals surface area contributed by atoms with Crippen LogP contribution in [0.3, 0.4) is 0 Å². The third-order valence-electron chi connectivity index (χ3n) is 4.41. The molecule has 0 aliphatic heterocycles. The van der Waals surface area contributed by atoms with Crippen molar-refractivity contribution in [2.45, 2.75) is 6.61 Å². The summed E-state index contributed by atoms with van der Waals surface area (Å²) < 4.78 is 15.7. The van der Waals surface area contributed by atoms with Crippen LogP contribution in [0.4, 0.5) is 0 Å². The van der Waals surface area contributed by atoms with Crippen molar-refractivity contribution in [3.63, 3.8) is 0 Å². The predicted molar refractivity (Wildman–Crippen MR) is 101 cm³/mol. The summed E-state index contributed by atoms with van der Waals surface area (Å²) in [6, 6.07) is 12.5. The first-order valence-electron chi connectivity index (χ1n) is 8.35. The normalized spacial score (nSPS) is 11.1. The Morgan fingerprint density at radius 3 is 2.36 bits per heavy atom. The fourth-order valence-corrected chi connectivity index (χ4v) is 3.02. The van der Waals surface area contributed by atoms with Gasteiger partial charge in [-0.05, 0) is 35.9 Å². The van der Waals surface area contributed by atoms with Crippen molar-refractivity contribution < 1.29 is 23.5 Å². The van der Waals surface area contributed by atoms with Crippen molar-refractivity contribution in [1.82, 2.24) is 0 Å². The fourth-order valence-electron chi connectivity index (χ4n) is 3.02. The van der Waals surface area contributed by atoms with Gasteiger partial charge in [-0.1, -0.05) is 18.2 Å². The highest BCUT2D eigenvalue weighted by Crippen LogP contribution is 2.28. The standard InChI is InChI=1S/C21H14O7/c1-26-17-6-11(10-22)7-18-13(17)9-15(21(25)28-18)19(23)14-8-12-4-2-3-5-16(12)27-20(14)24/h2-9,22H,10H2,1H3. The van der Waals surface area contributed by atoms with Crippen LogP contribution in [0.15, 0.2) is 67.0 Å². The molecule has 4 rings (SSSR count). The second-order valence-corrected chi connectivity index (χ2v) is 6.13. The molecule has 0 saturated heterocycles. The summed E-state index contributed by atoms with van der Waals surface area (Å²) in [7, 11) is 1.42. The summed E-state index contributed by atoms with van der Waals surface area (Å²) in [5, 5.41) is 10.2. The maximum absolute atomic E-state index is 12.9. The smallest absolute Gasteiger partial charge is 0.347 e. The molecule has 0 atom stereocenters. The molecule has 0 fully saturated rings. The summed E-state index contributed by atoms with van der Waals surface area (Å²) >= 11 is 0. The van der Waals surface area contributed by atoms with Crippen LogP contribution < -0.4 is 16.0 Å². The molecule has 7 heteroatoms. The van der Waals surface area contributed by atoms with E-state index in [2.05, 4.69) is 0 Å². The number of methoxy groups -OCH3 is 1. The molecule has 0 spiro atoms. The molecule has 0 saturated carbocycles. The van der Waals surface area contributed by atoms with Gasteiger partial charge in [-0.2, -0.15) is 0 Å². The predicted octanol–water partition coefficient (Wildman–Crippen LogP) is 2.63. The van der Waals surface area contributed by atoms with Crippen molar-refractivity contribution in [3.05, 3.63) is 86.1 Å². The Bertz CT molecular complexity index is 1340. The molecule has 4 aromatic rings. The maximum Gasteiger partial charge on any atom is 0.347 e. The number of hydrogen-bond donors (Lipinski definition) is 1. The lowest BCUT2D eigenvalue weighted by Crippen LogP contribution is -2.21. The van der Waals surface area contributed by atoms with Gasteiger partial charge in [-0.3, -0.25) is 4.79 Å². The van der Waals surface area contributed by atoms with Crippen LogP contribution >= 0.6 is 0 Å². The molecule has 0 amide bonds. The lowest BCUT2D eigenvalue weighted by Gasteiger charge is -2.08. The van der Waals surface area contributed by atoms with Crippen LogP contribution in [-0.2, 0) is 6.61 Å². The third-order valence-corrected chi connectivity index (χ3v) is 4.41. The lowest BCUT2D eigenvalue weighted by molar-refractivity contribution is 0.103. The summed E-state index contributed by atoms with van der Waals surface area (Å²) in [4.78, 5) is 37.6. The summed E-state index contributed by atoms with van der Waals surface area (Å²) in [6.45, 7) is -0.269.